The molecule has 0 atom stereocenters. The summed E-state index contributed by atoms with van der Waals surface area (Å²) in [6, 6.07) is 2.64. The molecule has 0 aliphatic carbocycles. The number of aromatic nitrogens is 1. The molecule has 1 aromatic heterocycles. The fourth-order valence-electron chi connectivity index (χ4n) is 0.852. The molecule has 1 N–H and O–H groups in total. The van der Waals surface area contributed by atoms with E-state index in [9.17, 15) is 8.42 Å². The van der Waals surface area contributed by atoms with E-state index >= 15 is 0 Å². The molecule has 1 aromatic rings. The summed E-state index contributed by atoms with van der Waals surface area (Å²) in [5, 5.41) is 9.14. The minimum Gasteiger partial charge on any atom is -0.506 e. The van der Waals surface area contributed by atoms with Crippen LogP contribution < -0.4 is 0 Å². The molecule has 0 saturated heterocycles. The highest BCUT2D eigenvalue weighted by atomic mass is 32.2. The van der Waals surface area contributed by atoms with Gasteiger partial charge < -0.3 is 5.11 Å². The van der Waals surface area contributed by atoms with Gasteiger partial charge in [-0.1, -0.05) is 6.92 Å². The van der Waals surface area contributed by atoms with E-state index in [-0.39, 0.29) is 16.5 Å². The van der Waals surface area contributed by atoms with Crippen LogP contribution in [0.1, 0.15) is 12.6 Å². The normalized spacial score (nSPS) is 11.5. The molecule has 0 aromatic carbocycles. The molecule has 5 heteroatoms. The molecule has 0 unspecified atom stereocenters. The van der Waals surface area contributed by atoms with Gasteiger partial charge in [0.05, 0.1) is 11.4 Å². The predicted octanol–water partition coefficient (Wildman–Crippen LogP) is 0.889. The third-order valence-electron chi connectivity index (χ3n) is 1.73. The Bertz CT molecular complexity index is 411. The Kier molecular flexibility index (Phi) is 2.56. The highest BCUT2D eigenvalue weighted by Crippen LogP contribution is 2.16. The Morgan fingerprint density at radius 3 is 2.54 bits per heavy atom. The molecule has 0 bridgehead atoms. The Labute approximate surface area is 77.2 Å². The van der Waals surface area contributed by atoms with E-state index in [1.165, 1.54) is 12.1 Å². The number of hydrogen-bond donors (Lipinski definition) is 1. The molecule has 0 radical (unpaired) electrons. The van der Waals surface area contributed by atoms with Crippen LogP contribution in [0.4, 0.5) is 0 Å². The van der Waals surface area contributed by atoms with Crippen LogP contribution in [0.25, 0.3) is 0 Å². The molecule has 72 valence electrons. The Morgan fingerprint density at radius 2 is 2.08 bits per heavy atom. The zero-order valence-corrected chi connectivity index (χ0v) is 8.30. The monoisotopic (exact) mass is 201 g/mol. The van der Waals surface area contributed by atoms with E-state index in [0.29, 0.717) is 5.69 Å². The van der Waals surface area contributed by atoms with E-state index in [2.05, 4.69) is 4.98 Å². The van der Waals surface area contributed by atoms with Gasteiger partial charge in [-0.3, -0.25) is 0 Å². The van der Waals surface area contributed by atoms with E-state index in [4.69, 9.17) is 5.11 Å². The molecule has 0 aliphatic heterocycles. The number of nitrogens with zero attached hydrogens (tertiary/aromatic N) is 1. The first-order chi connectivity index (χ1) is 5.97. The number of rotatable bonds is 2. The highest BCUT2D eigenvalue weighted by molar-refractivity contribution is 7.91. The van der Waals surface area contributed by atoms with Crippen LogP contribution in [0.2, 0.25) is 0 Å². The van der Waals surface area contributed by atoms with Crippen molar-refractivity contribution >= 4 is 9.84 Å². The summed E-state index contributed by atoms with van der Waals surface area (Å²) < 4.78 is 22.6. The number of sulfone groups is 1. The first-order valence-electron chi connectivity index (χ1n) is 3.86. The van der Waals surface area contributed by atoms with E-state index in [0.717, 1.165) is 0 Å². The molecule has 1 heterocycles. The Balaban J connectivity index is 3.27. The third kappa shape index (κ3) is 1.98. The lowest BCUT2D eigenvalue weighted by Crippen LogP contribution is -2.06. The summed E-state index contributed by atoms with van der Waals surface area (Å²) >= 11 is 0. The average Bonchev–Trinajstić information content (AvgIpc) is 2.09. The molecule has 4 nitrogen and oxygen atoms in total. The fraction of sp³-hybridized carbons (Fsp3) is 0.375. The zero-order valence-electron chi connectivity index (χ0n) is 7.48. The van der Waals surface area contributed by atoms with Crippen LogP contribution in [0.3, 0.4) is 0 Å². The molecular formula is C8H11NO3S. The van der Waals surface area contributed by atoms with Crippen LogP contribution in [0.15, 0.2) is 17.2 Å². The second-order valence-corrected chi connectivity index (χ2v) is 4.88. The number of hydrogen-bond acceptors (Lipinski definition) is 4. The van der Waals surface area contributed by atoms with Gasteiger partial charge in [-0.25, -0.2) is 13.4 Å². The maximum Gasteiger partial charge on any atom is 0.195 e. The van der Waals surface area contributed by atoms with Gasteiger partial charge in [0, 0.05) is 0 Å². The van der Waals surface area contributed by atoms with Crippen molar-refractivity contribution in [1.29, 1.82) is 0 Å². The van der Waals surface area contributed by atoms with Crippen LogP contribution in [0, 0.1) is 6.92 Å². The van der Waals surface area contributed by atoms with Crippen LogP contribution in [0.5, 0.6) is 5.75 Å². The summed E-state index contributed by atoms with van der Waals surface area (Å²) in [7, 11) is -3.26. The summed E-state index contributed by atoms with van der Waals surface area (Å²) in [4.78, 5) is 3.78. The first kappa shape index (κ1) is 9.98. The van der Waals surface area contributed by atoms with E-state index in [1.807, 2.05) is 0 Å². The zero-order chi connectivity index (χ0) is 10.1. The molecule has 0 spiro atoms. The van der Waals surface area contributed by atoms with Gasteiger partial charge in [0.15, 0.2) is 14.9 Å². The predicted molar refractivity (Wildman–Crippen MR) is 48.4 cm³/mol. The SMILES string of the molecule is CCS(=O)(=O)c1ccc(O)c(C)n1. The highest BCUT2D eigenvalue weighted by Gasteiger charge is 2.13. The average molecular weight is 201 g/mol. The molecule has 13 heavy (non-hydrogen) atoms. The first-order valence-corrected chi connectivity index (χ1v) is 5.52. The smallest absolute Gasteiger partial charge is 0.195 e. The van der Waals surface area contributed by atoms with Gasteiger partial charge in [0.2, 0.25) is 0 Å². The van der Waals surface area contributed by atoms with Crippen molar-refractivity contribution in [3.05, 3.63) is 17.8 Å². The van der Waals surface area contributed by atoms with Crippen molar-refractivity contribution in [2.75, 3.05) is 5.75 Å². The molecule has 0 amide bonds. The summed E-state index contributed by atoms with van der Waals surface area (Å²) in [5.74, 6) is 0.0274. The van der Waals surface area contributed by atoms with Crippen molar-refractivity contribution in [1.82, 2.24) is 4.98 Å². The van der Waals surface area contributed by atoms with Gasteiger partial charge in [-0.2, -0.15) is 0 Å². The van der Waals surface area contributed by atoms with Gasteiger partial charge in [-0.05, 0) is 19.1 Å². The van der Waals surface area contributed by atoms with Crippen LogP contribution in [-0.4, -0.2) is 24.3 Å². The minimum atomic E-state index is -3.26. The lowest BCUT2D eigenvalue weighted by molar-refractivity contribution is 0.466. The van der Waals surface area contributed by atoms with Crippen molar-refractivity contribution in [3.8, 4) is 5.75 Å². The van der Waals surface area contributed by atoms with Crippen molar-refractivity contribution in [2.24, 2.45) is 0 Å². The topological polar surface area (TPSA) is 67.3 Å². The number of pyridine rings is 1. The summed E-state index contributed by atoms with van der Waals surface area (Å²) in [5.41, 5.74) is 0.328. The van der Waals surface area contributed by atoms with Gasteiger partial charge >= 0.3 is 0 Å². The van der Waals surface area contributed by atoms with Gasteiger partial charge in [0.1, 0.15) is 5.75 Å². The largest absolute Gasteiger partial charge is 0.506 e. The molecule has 0 aliphatic rings. The minimum absolute atomic E-state index is 0.00931. The molecule has 0 fully saturated rings. The Hall–Kier alpha value is -1.10. The fourth-order valence-corrected chi connectivity index (χ4v) is 1.70. The lowest BCUT2D eigenvalue weighted by atomic mass is 10.3. The molecule has 0 saturated carbocycles. The number of aryl methyl sites for hydroxylation is 1. The summed E-state index contributed by atoms with van der Waals surface area (Å²) in [6.07, 6.45) is 0. The maximum atomic E-state index is 11.3. The number of aromatic hydroxyl groups is 1. The third-order valence-corrected chi connectivity index (χ3v) is 3.36. The van der Waals surface area contributed by atoms with E-state index < -0.39 is 9.84 Å². The van der Waals surface area contributed by atoms with Crippen molar-refractivity contribution < 1.29 is 13.5 Å². The Morgan fingerprint density at radius 1 is 1.46 bits per heavy atom. The quantitative estimate of drug-likeness (QED) is 0.771. The molecular weight excluding hydrogens is 190 g/mol. The van der Waals surface area contributed by atoms with Crippen molar-refractivity contribution in [3.63, 3.8) is 0 Å². The second-order valence-electron chi connectivity index (χ2n) is 2.66. The standard InChI is InChI=1S/C8H11NO3S/c1-3-13(11,12)8-5-4-7(10)6(2)9-8/h4-5,10H,3H2,1-2H3. The van der Waals surface area contributed by atoms with Crippen LogP contribution in [-0.2, 0) is 9.84 Å². The van der Waals surface area contributed by atoms with Gasteiger partial charge in [0.25, 0.3) is 0 Å². The molecule has 1 rings (SSSR count). The maximum absolute atomic E-state index is 11.3. The lowest BCUT2D eigenvalue weighted by Gasteiger charge is -2.02. The van der Waals surface area contributed by atoms with Crippen molar-refractivity contribution in [2.45, 2.75) is 18.9 Å². The second kappa shape index (κ2) is 3.33. The van der Waals surface area contributed by atoms with E-state index in [1.54, 1.807) is 13.8 Å². The van der Waals surface area contributed by atoms with Gasteiger partial charge in [-0.15, -0.1) is 0 Å². The summed E-state index contributed by atoms with van der Waals surface area (Å²) in [6.45, 7) is 3.11. The van der Waals surface area contributed by atoms with Crippen LogP contribution >= 0.6 is 0 Å².